The van der Waals surface area contributed by atoms with E-state index in [-0.39, 0.29) is 18.4 Å². The van der Waals surface area contributed by atoms with Crippen LogP contribution in [0, 0.1) is 0 Å². The van der Waals surface area contributed by atoms with Crippen LogP contribution in [0.25, 0.3) is 0 Å². The quantitative estimate of drug-likeness (QED) is 0.401. The summed E-state index contributed by atoms with van der Waals surface area (Å²) < 4.78 is 16.2. The molecule has 2 saturated heterocycles. The first kappa shape index (κ1) is 30.7. The highest BCUT2D eigenvalue weighted by Crippen LogP contribution is 2.31. The summed E-state index contributed by atoms with van der Waals surface area (Å²) in [7, 11) is 3.10. The minimum absolute atomic E-state index is 0.0821. The van der Waals surface area contributed by atoms with Gasteiger partial charge in [-0.25, -0.2) is 4.79 Å². The van der Waals surface area contributed by atoms with E-state index in [1.807, 2.05) is 46.2 Å². The smallest absolute Gasteiger partial charge is 0.412 e. The molecule has 3 aromatic rings. The Labute approximate surface area is 257 Å². The number of hydrogen-bond acceptors (Lipinski definition) is 8. The standard InChI is InChI=1S/C33H39N5O6/c1-42-29-12-10-26(22-30(29)43-2)32(40)37-16-6-15-36(19-20-37)28-11-9-25(31(39)38-17-13-34-14-18-38)21-27(28)35-33(41)44-23-24-7-4-3-5-8-24/h3-5,7-12,21-22,34H,6,13-20,23H2,1-2H3,(H,35,41). The highest BCUT2D eigenvalue weighted by atomic mass is 16.5. The van der Waals surface area contributed by atoms with Gasteiger partial charge >= 0.3 is 6.09 Å². The number of rotatable bonds is 8. The first-order valence-electron chi connectivity index (χ1n) is 14.8. The summed E-state index contributed by atoms with van der Waals surface area (Å²) in [4.78, 5) is 45.4. The Morgan fingerprint density at radius 2 is 1.43 bits per heavy atom. The molecule has 2 fully saturated rings. The summed E-state index contributed by atoms with van der Waals surface area (Å²) in [5.74, 6) is 0.890. The SMILES string of the molecule is COc1ccc(C(=O)N2CCCN(c3ccc(C(=O)N4CCNCC4)cc3NC(=O)OCc3ccccc3)CC2)cc1OC. The number of ether oxygens (including phenoxy) is 3. The molecule has 44 heavy (non-hydrogen) atoms. The highest BCUT2D eigenvalue weighted by Gasteiger charge is 2.25. The largest absolute Gasteiger partial charge is 0.493 e. The molecule has 232 valence electrons. The van der Waals surface area contributed by atoms with Crippen molar-refractivity contribution in [1.29, 1.82) is 0 Å². The van der Waals surface area contributed by atoms with Crippen LogP contribution in [0.4, 0.5) is 16.2 Å². The Morgan fingerprint density at radius 3 is 2.16 bits per heavy atom. The Hall–Kier alpha value is -4.77. The molecule has 0 atom stereocenters. The second kappa shape index (κ2) is 14.6. The van der Waals surface area contributed by atoms with Gasteiger partial charge in [0, 0.05) is 63.5 Å². The lowest BCUT2D eigenvalue weighted by molar-refractivity contribution is 0.0734. The van der Waals surface area contributed by atoms with Crippen LogP contribution < -0.4 is 25.0 Å². The summed E-state index contributed by atoms with van der Waals surface area (Å²) >= 11 is 0. The normalized spacial score (nSPS) is 15.3. The zero-order valence-corrected chi connectivity index (χ0v) is 25.2. The molecule has 11 heteroatoms. The van der Waals surface area contributed by atoms with E-state index in [1.54, 1.807) is 44.6 Å². The number of methoxy groups -OCH3 is 2. The third kappa shape index (κ3) is 7.41. The molecule has 0 spiro atoms. The van der Waals surface area contributed by atoms with Crippen LogP contribution in [0.15, 0.2) is 66.7 Å². The summed E-state index contributed by atoms with van der Waals surface area (Å²) in [5.41, 5.74) is 3.14. The molecular weight excluding hydrogens is 562 g/mol. The van der Waals surface area contributed by atoms with Crippen molar-refractivity contribution in [2.24, 2.45) is 0 Å². The van der Waals surface area contributed by atoms with E-state index >= 15 is 0 Å². The maximum atomic E-state index is 13.4. The number of amides is 3. The van der Waals surface area contributed by atoms with Crippen molar-refractivity contribution < 1.29 is 28.6 Å². The molecule has 5 rings (SSSR count). The van der Waals surface area contributed by atoms with Crippen molar-refractivity contribution in [3.63, 3.8) is 0 Å². The first-order chi connectivity index (χ1) is 21.5. The molecule has 0 radical (unpaired) electrons. The number of benzene rings is 3. The molecule has 3 aromatic carbocycles. The van der Waals surface area contributed by atoms with Gasteiger partial charge in [0.15, 0.2) is 11.5 Å². The second-order valence-corrected chi connectivity index (χ2v) is 10.7. The minimum Gasteiger partial charge on any atom is -0.493 e. The van der Waals surface area contributed by atoms with Crippen molar-refractivity contribution in [1.82, 2.24) is 15.1 Å². The molecule has 3 amide bonds. The molecule has 0 saturated carbocycles. The van der Waals surface area contributed by atoms with Gasteiger partial charge in [0.1, 0.15) is 6.61 Å². The average Bonchev–Trinajstić information content (AvgIpc) is 3.33. The van der Waals surface area contributed by atoms with Crippen LogP contribution in [-0.4, -0.2) is 94.3 Å². The zero-order valence-electron chi connectivity index (χ0n) is 25.2. The summed E-state index contributed by atoms with van der Waals surface area (Å²) in [6.07, 6.45) is 0.111. The number of nitrogens with one attached hydrogen (secondary N) is 2. The van der Waals surface area contributed by atoms with Gasteiger partial charge in [-0.2, -0.15) is 0 Å². The highest BCUT2D eigenvalue weighted by molar-refractivity contribution is 5.99. The lowest BCUT2D eigenvalue weighted by Gasteiger charge is -2.29. The number of anilines is 2. The number of carbonyl (C=O) groups excluding carboxylic acids is 3. The van der Waals surface area contributed by atoms with Crippen LogP contribution in [0.3, 0.4) is 0 Å². The molecule has 2 N–H and O–H groups in total. The number of piperazine rings is 1. The van der Waals surface area contributed by atoms with E-state index < -0.39 is 6.09 Å². The van der Waals surface area contributed by atoms with Crippen molar-refractivity contribution in [2.45, 2.75) is 13.0 Å². The number of carbonyl (C=O) groups is 3. The molecule has 0 aliphatic carbocycles. The maximum Gasteiger partial charge on any atom is 0.412 e. The lowest BCUT2D eigenvalue weighted by atomic mass is 10.1. The van der Waals surface area contributed by atoms with Crippen LogP contribution >= 0.6 is 0 Å². The van der Waals surface area contributed by atoms with E-state index in [0.29, 0.717) is 67.6 Å². The Morgan fingerprint density at radius 1 is 0.750 bits per heavy atom. The van der Waals surface area contributed by atoms with Crippen molar-refractivity contribution in [3.05, 3.63) is 83.4 Å². The fourth-order valence-electron chi connectivity index (χ4n) is 5.48. The Bertz CT molecular complexity index is 1460. The van der Waals surface area contributed by atoms with Gasteiger partial charge in [0.05, 0.1) is 25.6 Å². The molecular formula is C33H39N5O6. The van der Waals surface area contributed by atoms with E-state index in [1.165, 1.54) is 0 Å². The van der Waals surface area contributed by atoms with Crippen LogP contribution in [0.5, 0.6) is 11.5 Å². The van der Waals surface area contributed by atoms with Crippen LogP contribution in [0.1, 0.15) is 32.7 Å². The Kier molecular flexibility index (Phi) is 10.2. The van der Waals surface area contributed by atoms with E-state index in [0.717, 1.165) is 30.8 Å². The molecule has 0 aromatic heterocycles. The van der Waals surface area contributed by atoms with Gasteiger partial charge in [-0.3, -0.25) is 14.9 Å². The molecule has 11 nitrogen and oxygen atoms in total. The fraction of sp³-hybridized carbons (Fsp3) is 0.364. The third-order valence-corrected chi connectivity index (χ3v) is 7.85. The Balaban J connectivity index is 1.33. The molecule has 2 aliphatic rings. The second-order valence-electron chi connectivity index (χ2n) is 10.7. The van der Waals surface area contributed by atoms with Crippen molar-refractivity contribution in [2.75, 3.05) is 76.8 Å². The van der Waals surface area contributed by atoms with Gasteiger partial charge in [-0.05, 0) is 48.4 Å². The summed E-state index contributed by atoms with van der Waals surface area (Å²) in [6, 6.07) is 20.0. The summed E-state index contributed by atoms with van der Waals surface area (Å²) in [6.45, 7) is 5.11. The van der Waals surface area contributed by atoms with Crippen LogP contribution in [0.2, 0.25) is 0 Å². The van der Waals surface area contributed by atoms with E-state index in [4.69, 9.17) is 14.2 Å². The molecule has 2 aliphatic heterocycles. The van der Waals surface area contributed by atoms with Gasteiger partial charge < -0.3 is 34.2 Å². The minimum atomic E-state index is -0.609. The number of nitrogens with zero attached hydrogens (tertiary/aromatic N) is 3. The van der Waals surface area contributed by atoms with E-state index in [2.05, 4.69) is 15.5 Å². The van der Waals surface area contributed by atoms with Crippen LogP contribution in [-0.2, 0) is 11.3 Å². The summed E-state index contributed by atoms with van der Waals surface area (Å²) in [5, 5.41) is 6.15. The molecule has 0 bridgehead atoms. The predicted molar refractivity (Wildman–Crippen MR) is 168 cm³/mol. The first-order valence-corrected chi connectivity index (χ1v) is 14.8. The van der Waals surface area contributed by atoms with Gasteiger partial charge in [-0.1, -0.05) is 30.3 Å². The topological polar surface area (TPSA) is 113 Å². The molecule has 2 heterocycles. The fourth-order valence-corrected chi connectivity index (χ4v) is 5.48. The maximum absolute atomic E-state index is 13.4. The van der Waals surface area contributed by atoms with E-state index in [9.17, 15) is 14.4 Å². The van der Waals surface area contributed by atoms with Crippen molar-refractivity contribution >= 4 is 29.3 Å². The number of hydrogen-bond donors (Lipinski definition) is 2. The monoisotopic (exact) mass is 601 g/mol. The van der Waals surface area contributed by atoms with Gasteiger partial charge in [-0.15, -0.1) is 0 Å². The third-order valence-electron chi connectivity index (χ3n) is 7.85. The zero-order chi connectivity index (χ0) is 30.9. The lowest BCUT2D eigenvalue weighted by Crippen LogP contribution is -2.46. The van der Waals surface area contributed by atoms with Gasteiger partial charge in [0.25, 0.3) is 11.8 Å². The average molecular weight is 602 g/mol. The van der Waals surface area contributed by atoms with Crippen molar-refractivity contribution in [3.8, 4) is 11.5 Å². The predicted octanol–water partition coefficient (Wildman–Crippen LogP) is 3.85. The molecule has 0 unspecified atom stereocenters. The van der Waals surface area contributed by atoms with Gasteiger partial charge in [0.2, 0.25) is 0 Å².